The van der Waals surface area contributed by atoms with Gasteiger partial charge < -0.3 is 14.9 Å². The second kappa shape index (κ2) is 6.89. The number of carbonyl (C=O) groups is 2. The predicted molar refractivity (Wildman–Crippen MR) is 86.4 cm³/mol. The lowest BCUT2D eigenvalue weighted by Crippen LogP contribution is -2.43. The van der Waals surface area contributed by atoms with Crippen molar-refractivity contribution >= 4 is 11.8 Å². The third kappa shape index (κ3) is 3.15. The molecule has 2 heterocycles. The average molecular weight is 334 g/mol. The van der Waals surface area contributed by atoms with Crippen molar-refractivity contribution in [1.29, 1.82) is 0 Å². The minimum Gasteiger partial charge on any atom is -0.396 e. The molecule has 2 aliphatic rings. The van der Waals surface area contributed by atoms with E-state index in [0.29, 0.717) is 13.1 Å². The molecule has 0 aliphatic carbocycles. The SMILES string of the molecule is CN1C(=O)CC(C(=O)N2CCC(CO)CC2)C1c1ccc(F)cc1. The van der Waals surface area contributed by atoms with Crippen LogP contribution in [0.1, 0.15) is 30.9 Å². The Balaban J connectivity index is 1.78. The second-order valence-electron chi connectivity index (χ2n) is 6.76. The molecule has 6 heteroatoms. The summed E-state index contributed by atoms with van der Waals surface area (Å²) in [5, 5.41) is 9.22. The number of hydrogen-bond donors (Lipinski definition) is 1. The Kier molecular flexibility index (Phi) is 4.85. The monoisotopic (exact) mass is 334 g/mol. The molecular formula is C18H23FN2O3. The summed E-state index contributed by atoms with van der Waals surface area (Å²) in [5.41, 5.74) is 0.786. The van der Waals surface area contributed by atoms with Crippen molar-refractivity contribution in [3.8, 4) is 0 Å². The van der Waals surface area contributed by atoms with Crippen LogP contribution in [0.5, 0.6) is 0 Å². The highest BCUT2D eigenvalue weighted by molar-refractivity contribution is 5.90. The fourth-order valence-electron chi connectivity index (χ4n) is 3.78. The maximum absolute atomic E-state index is 13.2. The molecule has 5 nitrogen and oxygen atoms in total. The topological polar surface area (TPSA) is 60.9 Å². The van der Waals surface area contributed by atoms with Crippen LogP contribution in [0.25, 0.3) is 0 Å². The van der Waals surface area contributed by atoms with Crippen molar-refractivity contribution in [3.05, 3.63) is 35.6 Å². The van der Waals surface area contributed by atoms with Crippen molar-refractivity contribution in [1.82, 2.24) is 9.80 Å². The first-order valence-electron chi connectivity index (χ1n) is 8.42. The van der Waals surface area contributed by atoms with Crippen LogP contribution in [0, 0.1) is 17.7 Å². The average Bonchev–Trinajstić information content (AvgIpc) is 2.90. The zero-order chi connectivity index (χ0) is 17.3. The van der Waals surface area contributed by atoms with Crippen molar-refractivity contribution in [2.24, 2.45) is 11.8 Å². The molecule has 2 unspecified atom stereocenters. The number of nitrogens with zero attached hydrogens (tertiary/aromatic N) is 2. The predicted octanol–water partition coefficient (Wildman–Crippen LogP) is 1.58. The highest BCUT2D eigenvalue weighted by atomic mass is 19.1. The van der Waals surface area contributed by atoms with Gasteiger partial charge in [0.2, 0.25) is 11.8 Å². The van der Waals surface area contributed by atoms with Gasteiger partial charge in [0.25, 0.3) is 0 Å². The van der Waals surface area contributed by atoms with Crippen LogP contribution in [0.15, 0.2) is 24.3 Å². The summed E-state index contributed by atoms with van der Waals surface area (Å²) in [6, 6.07) is 5.67. The third-order valence-corrected chi connectivity index (χ3v) is 5.30. The Bertz CT molecular complexity index is 611. The molecule has 1 N–H and O–H groups in total. The molecule has 0 aromatic heterocycles. The molecule has 0 bridgehead atoms. The number of aliphatic hydroxyl groups excluding tert-OH is 1. The number of amides is 2. The van der Waals surface area contributed by atoms with E-state index in [2.05, 4.69) is 0 Å². The van der Waals surface area contributed by atoms with E-state index in [4.69, 9.17) is 0 Å². The van der Waals surface area contributed by atoms with E-state index in [0.717, 1.165) is 18.4 Å². The summed E-state index contributed by atoms with van der Waals surface area (Å²) in [6.07, 6.45) is 1.78. The zero-order valence-electron chi connectivity index (χ0n) is 13.8. The van der Waals surface area contributed by atoms with Crippen molar-refractivity contribution in [2.75, 3.05) is 26.7 Å². The van der Waals surface area contributed by atoms with Gasteiger partial charge in [-0.3, -0.25) is 9.59 Å². The van der Waals surface area contributed by atoms with Gasteiger partial charge in [0.05, 0.1) is 12.0 Å². The molecule has 2 amide bonds. The Labute approximate surface area is 141 Å². The summed E-state index contributed by atoms with van der Waals surface area (Å²) in [4.78, 5) is 28.5. The van der Waals surface area contributed by atoms with Crippen molar-refractivity contribution in [3.63, 3.8) is 0 Å². The quantitative estimate of drug-likeness (QED) is 0.913. The molecule has 1 aromatic rings. The highest BCUT2D eigenvalue weighted by Crippen LogP contribution is 2.38. The number of rotatable bonds is 3. The lowest BCUT2D eigenvalue weighted by molar-refractivity contribution is -0.138. The van der Waals surface area contributed by atoms with Crippen LogP contribution in [0.2, 0.25) is 0 Å². The normalized spacial score (nSPS) is 25.4. The summed E-state index contributed by atoms with van der Waals surface area (Å²) in [6.45, 7) is 1.40. The Morgan fingerprint density at radius 3 is 2.46 bits per heavy atom. The number of benzene rings is 1. The van der Waals surface area contributed by atoms with Crippen LogP contribution in [0.3, 0.4) is 0 Å². The summed E-state index contributed by atoms with van der Waals surface area (Å²) < 4.78 is 13.2. The van der Waals surface area contributed by atoms with Gasteiger partial charge >= 0.3 is 0 Å². The number of likely N-dealkylation sites (tertiary alicyclic amines) is 2. The van der Waals surface area contributed by atoms with E-state index in [1.165, 1.54) is 12.1 Å². The summed E-state index contributed by atoms with van der Waals surface area (Å²) >= 11 is 0. The number of aliphatic hydroxyl groups is 1. The first-order chi connectivity index (χ1) is 11.5. The van der Waals surface area contributed by atoms with Crippen molar-refractivity contribution < 1.29 is 19.1 Å². The lowest BCUT2D eigenvalue weighted by Gasteiger charge is -2.34. The Hall–Kier alpha value is -1.95. The van der Waals surface area contributed by atoms with Gasteiger partial charge in [-0.05, 0) is 36.5 Å². The first kappa shape index (κ1) is 16.9. The Morgan fingerprint density at radius 2 is 1.88 bits per heavy atom. The molecule has 0 saturated carbocycles. The maximum atomic E-state index is 13.2. The molecule has 130 valence electrons. The van der Waals surface area contributed by atoms with Crippen LogP contribution >= 0.6 is 0 Å². The van der Waals surface area contributed by atoms with E-state index in [-0.39, 0.29) is 42.6 Å². The van der Waals surface area contributed by atoms with Crippen LogP contribution in [-0.2, 0) is 9.59 Å². The van der Waals surface area contributed by atoms with Gasteiger partial charge in [0, 0.05) is 33.2 Å². The van der Waals surface area contributed by atoms with Gasteiger partial charge in [-0.15, -0.1) is 0 Å². The standard InChI is InChI=1S/C18H23FN2O3/c1-20-16(23)10-15(17(20)13-2-4-14(19)5-3-13)18(24)21-8-6-12(11-22)7-9-21/h2-5,12,15,17,22H,6-11H2,1H3. The van der Waals surface area contributed by atoms with E-state index >= 15 is 0 Å². The fourth-order valence-corrected chi connectivity index (χ4v) is 3.78. The fraction of sp³-hybridized carbons (Fsp3) is 0.556. The minimum atomic E-state index is -0.432. The Morgan fingerprint density at radius 1 is 1.25 bits per heavy atom. The molecule has 2 fully saturated rings. The lowest BCUT2D eigenvalue weighted by atomic mass is 9.90. The molecule has 2 saturated heterocycles. The van der Waals surface area contributed by atoms with E-state index in [9.17, 15) is 19.1 Å². The molecule has 2 atom stereocenters. The van der Waals surface area contributed by atoms with Crippen molar-refractivity contribution in [2.45, 2.75) is 25.3 Å². The molecule has 0 spiro atoms. The maximum Gasteiger partial charge on any atom is 0.228 e. The van der Waals surface area contributed by atoms with E-state index in [1.807, 2.05) is 0 Å². The zero-order valence-corrected chi connectivity index (χ0v) is 13.8. The van der Waals surface area contributed by atoms with E-state index < -0.39 is 5.92 Å². The minimum absolute atomic E-state index is 0.0154. The van der Waals surface area contributed by atoms with Gasteiger partial charge in [0.15, 0.2) is 0 Å². The largest absolute Gasteiger partial charge is 0.396 e. The highest BCUT2D eigenvalue weighted by Gasteiger charge is 2.44. The summed E-state index contributed by atoms with van der Waals surface area (Å²) in [5.74, 6) is -0.584. The molecule has 24 heavy (non-hydrogen) atoms. The first-order valence-corrected chi connectivity index (χ1v) is 8.42. The smallest absolute Gasteiger partial charge is 0.228 e. The number of hydrogen-bond acceptors (Lipinski definition) is 3. The number of piperidine rings is 1. The van der Waals surface area contributed by atoms with Gasteiger partial charge in [-0.2, -0.15) is 0 Å². The summed E-state index contributed by atoms with van der Waals surface area (Å²) in [7, 11) is 1.70. The molecule has 2 aliphatic heterocycles. The molecule has 0 radical (unpaired) electrons. The molecular weight excluding hydrogens is 311 g/mol. The number of carbonyl (C=O) groups excluding carboxylic acids is 2. The van der Waals surface area contributed by atoms with Crippen LogP contribution < -0.4 is 0 Å². The van der Waals surface area contributed by atoms with Gasteiger partial charge in [-0.25, -0.2) is 4.39 Å². The van der Waals surface area contributed by atoms with Gasteiger partial charge in [0.1, 0.15) is 5.82 Å². The number of halogens is 1. The van der Waals surface area contributed by atoms with E-state index in [1.54, 1.807) is 29.0 Å². The van der Waals surface area contributed by atoms with Crippen LogP contribution in [-0.4, -0.2) is 53.5 Å². The van der Waals surface area contributed by atoms with Crippen LogP contribution in [0.4, 0.5) is 4.39 Å². The second-order valence-corrected chi connectivity index (χ2v) is 6.76. The van der Waals surface area contributed by atoms with Gasteiger partial charge in [-0.1, -0.05) is 12.1 Å². The third-order valence-electron chi connectivity index (χ3n) is 5.30. The molecule has 3 rings (SSSR count). The molecule has 1 aromatic carbocycles.